The fraction of sp³-hybridized carbons (Fsp3) is 0.688. The van der Waals surface area contributed by atoms with Gasteiger partial charge >= 0.3 is 7.12 Å². The van der Waals surface area contributed by atoms with Gasteiger partial charge in [-0.05, 0) is 46.9 Å². The third kappa shape index (κ3) is 2.87. The zero-order valence-corrected chi connectivity index (χ0v) is 14.3. The molecule has 2 aliphatic heterocycles. The lowest BCUT2D eigenvalue weighted by molar-refractivity contribution is 0.00578. The van der Waals surface area contributed by atoms with Crippen molar-refractivity contribution in [3.8, 4) is 0 Å². The normalized spacial score (nSPS) is 24.8. The molecule has 6 heteroatoms. The maximum absolute atomic E-state index is 6.04. The largest absolute Gasteiger partial charge is 0.514 e. The fourth-order valence-electron chi connectivity index (χ4n) is 2.75. The van der Waals surface area contributed by atoms with Gasteiger partial charge in [0.2, 0.25) is 0 Å². The molecule has 0 atom stereocenters. The molecule has 22 heavy (non-hydrogen) atoms. The number of piperazine rings is 1. The second-order valence-electron chi connectivity index (χ2n) is 7.32. The summed E-state index contributed by atoms with van der Waals surface area (Å²) in [5, 5.41) is 0. The number of nitrogens with zero attached hydrogens (tertiary/aromatic N) is 3. The summed E-state index contributed by atoms with van der Waals surface area (Å²) >= 11 is 0. The van der Waals surface area contributed by atoms with Gasteiger partial charge in [0.25, 0.3) is 0 Å². The van der Waals surface area contributed by atoms with Gasteiger partial charge in [-0.1, -0.05) is 0 Å². The smallest absolute Gasteiger partial charge is 0.398 e. The molecular formula is C16H26BN3O2. The minimum Gasteiger partial charge on any atom is -0.398 e. The molecule has 0 unspecified atom stereocenters. The standard InChI is InChI=1S/C16H26BN3O2/c1-15(2)16(3,4)22-17(21-15)14-7-6-13(12-18-14)20-10-8-19(5)9-11-20/h6-7,12H,8-11H2,1-5H3. The highest BCUT2D eigenvalue weighted by atomic mass is 16.7. The summed E-state index contributed by atoms with van der Waals surface area (Å²) in [6, 6.07) is 4.15. The topological polar surface area (TPSA) is 37.8 Å². The summed E-state index contributed by atoms with van der Waals surface area (Å²) in [5.41, 5.74) is 1.37. The summed E-state index contributed by atoms with van der Waals surface area (Å²) in [6.45, 7) is 12.5. The summed E-state index contributed by atoms with van der Waals surface area (Å²) in [4.78, 5) is 9.31. The third-order valence-electron chi connectivity index (χ3n) is 5.13. The lowest BCUT2D eigenvalue weighted by atomic mass is 9.84. The summed E-state index contributed by atoms with van der Waals surface area (Å²) in [6.07, 6.45) is 1.94. The van der Waals surface area contributed by atoms with Gasteiger partial charge in [0.15, 0.2) is 0 Å². The minimum atomic E-state index is -0.383. The van der Waals surface area contributed by atoms with Crippen molar-refractivity contribution in [2.75, 3.05) is 38.1 Å². The highest BCUT2D eigenvalue weighted by molar-refractivity contribution is 6.61. The Kier molecular flexibility index (Phi) is 3.95. The zero-order valence-electron chi connectivity index (χ0n) is 14.3. The summed E-state index contributed by atoms with van der Waals surface area (Å²) in [7, 11) is 1.78. The minimum absolute atomic E-state index is 0.324. The number of hydrogen-bond donors (Lipinski definition) is 0. The van der Waals surface area contributed by atoms with Crippen molar-refractivity contribution < 1.29 is 9.31 Å². The van der Waals surface area contributed by atoms with Gasteiger partial charge in [0, 0.05) is 32.4 Å². The Morgan fingerprint density at radius 2 is 1.59 bits per heavy atom. The first-order valence-electron chi connectivity index (χ1n) is 8.04. The molecule has 2 saturated heterocycles. The van der Waals surface area contributed by atoms with E-state index in [2.05, 4.69) is 55.6 Å². The zero-order chi connectivity index (χ0) is 16.0. The second-order valence-corrected chi connectivity index (χ2v) is 7.32. The van der Waals surface area contributed by atoms with Crippen LogP contribution in [0.1, 0.15) is 27.7 Å². The van der Waals surface area contributed by atoms with E-state index in [-0.39, 0.29) is 18.3 Å². The Hall–Kier alpha value is -1.11. The molecule has 0 bridgehead atoms. The molecule has 1 aromatic heterocycles. The predicted octanol–water partition coefficient (Wildman–Crippen LogP) is 1.13. The van der Waals surface area contributed by atoms with Crippen molar-refractivity contribution in [3.63, 3.8) is 0 Å². The number of anilines is 1. The van der Waals surface area contributed by atoms with Crippen LogP contribution in [0.3, 0.4) is 0 Å². The van der Waals surface area contributed by atoms with E-state index in [0.29, 0.717) is 0 Å². The van der Waals surface area contributed by atoms with Crippen LogP contribution in [-0.2, 0) is 9.31 Å². The average Bonchev–Trinajstić information content (AvgIpc) is 2.68. The van der Waals surface area contributed by atoms with Crippen LogP contribution in [-0.4, -0.2) is 61.4 Å². The fourth-order valence-corrected chi connectivity index (χ4v) is 2.75. The Bertz CT molecular complexity index is 509. The first kappa shape index (κ1) is 15.8. The van der Waals surface area contributed by atoms with E-state index in [1.165, 1.54) is 5.69 Å². The molecule has 3 heterocycles. The van der Waals surface area contributed by atoms with E-state index in [9.17, 15) is 0 Å². The van der Waals surface area contributed by atoms with Gasteiger partial charge in [0.1, 0.15) is 0 Å². The summed E-state index contributed by atoms with van der Waals surface area (Å²) < 4.78 is 12.1. The average molecular weight is 303 g/mol. The molecule has 5 nitrogen and oxygen atoms in total. The van der Waals surface area contributed by atoms with Gasteiger partial charge in [-0.2, -0.15) is 0 Å². The molecule has 2 fully saturated rings. The van der Waals surface area contributed by atoms with Crippen LogP contribution in [0.5, 0.6) is 0 Å². The van der Waals surface area contributed by atoms with Crippen molar-refractivity contribution >= 4 is 18.4 Å². The quantitative estimate of drug-likeness (QED) is 0.766. The second kappa shape index (κ2) is 5.51. The Labute approximate surface area is 133 Å². The maximum atomic E-state index is 6.04. The number of rotatable bonds is 2. The van der Waals surface area contributed by atoms with Crippen molar-refractivity contribution in [2.24, 2.45) is 0 Å². The number of aromatic nitrogens is 1. The van der Waals surface area contributed by atoms with E-state index in [0.717, 1.165) is 31.8 Å². The third-order valence-corrected chi connectivity index (χ3v) is 5.13. The highest BCUT2D eigenvalue weighted by Crippen LogP contribution is 2.36. The molecule has 1 aromatic rings. The van der Waals surface area contributed by atoms with E-state index >= 15 is 0 Å². The van der Waals surface area contributed by atoms with Crippen molar-refractivity contribution in [1.29, 1.82) is 0 Å². The number of likely N-dealkylation sites (N-methyl/N-ethyl adjacent to an activating group) is 1. The molecule has 0 radical (unpaired) electrons. The Balaban J connectivity index is 1.70. The number of pyridine rings is 1. The molecule has 0 aliphatic carbocycles. The first-order chi connectivity index (χ1) is 10.3. The van der Waals surface area contributed by atoms with Gasteiger partial charge in [-0.3, -0.25) is 4.98 Å². The van der Waals surface area contributed by atoms with Crippen molar-refractivity contribution in [1.82, 2.24) is 9.88 Å². The Morgan fingerprint density at radius 3 is 2.09 bits per heavy atom. The molecule has 2 aliphatic rings. The van der Waals surface area contributed by atoms with Crippen LogP contribution in [0.4, 0.5) is 5.69 Å². The van der Waals surface area contributed by atoms with Crippen LogP contribution >= 0.6 is 0 Å². The van der Waals surface area contributed by atoms with Gasteiger partial charge in [0.05, 0.1) is 22.5 Å². The van der Waals surface area contributed by atoms with Crippen LogP contribution in [0.2, 0.25) is 0 Å². The molecule has 0 N–H and O–H groups in total. The van der Waals surface area contributed by atoms with Crippen molar-refractivity contribution in [3.05, 3.63) is 18.3 Å². The lowest BCUT2D eigenvalue weighted by Gasteiger charge is -2.33. The van der Waals surface area contributed by atoms with Gasteiger partial charge < -0.3 is 19.1 Å². The van der Waals surface area contributed by atoms with Crippen LogP contribution in [0, 0.1) is 0 Å². The monoisotopic (exact) mass is 303 g/mol. The van der Waals surface area contributed by atoms with Gasteiger partial charge in [-0.15, -0.1) is 0 Å². The highest BCUT2D eigenvalue weighted by Gasteiger charge is 2.52. The maximum Gasteiger partial charge on any atom is 0.514 e. The molecule has 3 rings (SSSR count). The molecule has 120 valence electrons. The molecule has 0 amide bonds. The molecule has 0 saturated carbocycles. The van der Waals surface area contributed by atoms with Crippen LogP contribution in [0.15, 0.2) is 18.3 Å². The Morgan fingerprint density at radius 1 is 1.00 bits per heavy atom. The van der Waals surface area contributed by atoms with Gasteiger partial charge in [-0.25, -0.2) is 0 Å². The van der Waals surface area contributed by atoms with E-state index < -0.39 is 0 Å². The molecule has 0 aromatic carbocycles. The molecule has 0 spiro atoms. The van der Waals surface area contributed by atoms with Crippen LogP contribution in [0.25, 0.3) is 0 Å². The van der Waals surface area contributed by atoms with Crippen LogP contribution < -0.4 is 10.5 Å². The van der Waals surface area contributed by atoms with E-state index in [4.69, 9.17) is 9.31 Å². The summed E-state index contributed by atoms with van der Waals surface area (Å²) in [5.74, 6) is 0. The number of hydrogen-bond acceptors (Lipinski definition) is 5. The molecular weight excluding hydrogens is 277 g/mol. The SMILES string of the molecule is CN1CCN(c2ccc(B3OC(C)(C)C(C)(C)O3)nc2)CC1. The lowest BCUT2D eigenvalue weighted by Crippen LogP contribution is -2.44. The van der Waals surface area contributed by atoms with Crippen molar-refractivity contribution in [2.45, 2.75) is 38.9 Å². The first-order valence-corrected chi connectivity index (χ1v) is 8.04. The predicted molar refractivity (Wildman–Crippen MR) is 89.7 cm³/mol. The van der Waals surface area contributed by atoms with E-state index in [1.54, 1.807) is 0 Å². The van der Waals surface area contributed by atoms with E-state index in [1.807, 2.05) is 12.3 Å².